The maximum absolute atomic E-state index is 12.8. The van der Waals surface area contributed by atoms with Crippen LogP contribution in [0.4, 0.5) is 0 Å². The molecule has 31 heavy (non-hydrogen) atoms. The fourth-order valence-electron chi connectivity index (χ4n) is 3.63. The van der Waals surface area contributed by atoms with E-state index < -0.39 is 28.3 Å². The highest BCUT2D eigenvalue weighted by atomic mass is 32.2. The van der Waals surface area contributed by atoms with Gasteiger partial charge in [-0.15, -0.1) is 6.58 Å². The molecule has 1 amide bonds. The molecule has 0 radical (unpaired) electrons. The first-order valence-corrected chi connectivity index (χ1v) is 12.0. The van der Waals surface area contributed by atoms with E-state index in [0.29, 0.717) is 36.4 Å². The van der Waals surface area contributed by atoms with E-state index in [1.165, 1.54) is 25.2 Å². The molecule has 9 heteroatoms. The van der Waals surface area contributed by atoms with Gasteiger partial charge in [-0.2, -0.15) is 0 Å². The summed E-state index contributed by atoms with van der Waals surface area (Å²) in [5.74, 6) is -0.0514. The van der Waals surface area contributed by atoms with Crippen molar-refractivity contribution in [1.29, 1.82) is 0 Å². The van der Waals surface area contributed by atoms with Crippen LogP contribution >= 0.6 is 0 Å². The lowest BCUT2D eigenvalue weighted by Crippen LogP contribution is -2.45. The van der Waals surface area contributed by atoms with Gasteiger partial charge in [-0.25, -0.2) is 13.2 Å². The zero-order valence-electron chi connectivity index (χ0n) is 18.5. The number of hydrogen-bond donors (Lipinski definition) is 0. The van der Waals surface area contributed by atoms with Gasteiger partial charge in [0.15, 0.2) is 27.9 Å². The molecule has 1 heterocycles. The van der Waals surface area contributed by atoms with Gasteiger partial charge in [0.2, 0.25) is 0 Å². The van der Waals surface area contributed by atoms with Crippen LogP contribution in [0.2, 0.25) is 0 Å². The van der Waals surface area contributed by atoms with Crippen LogP contribution in [-0.2, 0) is 25.8 Å². The minimum atomic E-state index is -3.14. The van der Waals surface area contributed by atoms with Gasteiger partial charge in [0.1, 0.15) is 0 Å². The lowest BCUT2D eigenvalue weighted by molar-refractivity contribution is -0.137. The summed E-state index contributed by atoms with van der Waals surface area (Å²) in [7, 11) is -0.171. The van der Waals surface area contributed by atoms with Crippen LogP contribution in [0.1, 0.15) is 36.2 Å². The Morgan fingerprint density at radius 1 is 1.26 bits per heavy atom. The molecule has 0 aliphatic carbocycles. The molecular weight excluding hydrogens is 422 g/mol. The normalized spacial score (nSPS) is 17.3. The number of ether oxygens (including phenoxy) is 3. The molecule has 0 N–H and O–H groups in total. The fourth-order valence-corrected chi connectivity index (χ4v) is 5.36. The predicted octanol–water partition coefficient (Wildman–Crippen LogP) is 2.26. The van der Waals surface area contributed by atoms with Gasteiger partial charge in [0, 0.05) is 18.2 Å². The Hall–Kier alpha value is -2.55. The van der Waals surface area contributed by atoms with E-state index in [4.69, 9.17) is 14.2 Å². The Morgan fingerprint density at radius 2 is 1.97 bits per heavy atom. The van der Waals surface area contributed by atoms with E-state index in [2.05, 4.69) is 6.58 Å². The molecule has 2 rings (SSSR count). The smallest absolute Gasteiger partial charge is 0.338 e. The highest BCUT2D eigenvalue weighted by Crippen LogP contribution is 2.33. The van der Waals surface area contributed by atoms with Gasteiger partial charge in [0.05, 0.1) is 31.3 Å². The molecule has 1 aliphatic rings. The number of nitrogens with zero attached hydrogens (tertiary/aromatic N) is 1. The molecule has 172 valence electrons. The topological polar surface area (TPSA) is 99.2 Å². The Morgan fingerprint density at radius 3 is 2.48 bits per heavy atom. The Labute approximate surface area is 184 Å². The number of amides is 1. The minimum absolute atomic E-state index is 0.0556. The molecule has 1 atom stereocenters. The number of esters is 1. The minimum Gasteiger partial charge on any atom is -0.493 e. The molecule has 1 fully saturated rings. The molecule has 0 aromatic heterocycles. The first kappa shape index (κ1) is 24.7. The quantitative estimate of drug-likeness (QED) is 0.396. The van der Waals surface area contributed by atoms with Gasteiger partial charge in [-0.3, -0.25) is 4.79 Å². The van der Waals surface area contributed by atoms with Gasteiger partial charge in [-0.05, 0) is 30.9 Å². The predicted molar refractivity (Wildman–Crippen MR) is 117 cm³/mol. The maximum atomic E-state index is 12.8. The van der Waals surface area contributed by atoms with Crippen molar-refractivity contribution in [2.75, 3.05) is 38.9 Å². The molecule has 1 saturated heterocycles. The van der Waals surface area contributed by atoms with E-state index in [1.54, 1.807) is 12.1 Å². The fraction of sp³-hybridized carbons (Fsp3) is 0.545. The summed E-state index contributed by atoms with van der Waals surface area (Å²) in [6.45, 7) is 7.53. The summed E-state index contributed by atoms with van der Waals surface area (Å²) in [5, 5.41) is 0. The first-order valence-electron chi connectivity index (χ1n) is 10.1. The summed E-state index contributed by atoms with van der Waals surface area (Å²) in [6, 6.07) is 2.72. The summed E-state index contributed by atoms with van der Waals surface area (Å²) in [6.07, 6.45) is 2.53. The SMILES string of the molecule is C=CCc1cc(C(=O)OCC(=O)N(CC(C)C)C2CCS(=O)(=O)C2)cc(OC)c1OC. The lowest BCUT2D eigenvalue weighted by atomic mass is 10.1. The Bertz CT molecular complexity index is 924. The van der Waals surface area contributed by atoms with E-state index in [9.17, 15) is 18.0 Å². The second-order valence-corrected chi connectivity index (χ2v) is 10.2. The first-order chi connectivity index (χ1) is 14.6. The Kier molecular flexibility index (Phi) is 8.50. The number of allylic oxidation sites excluding steroid dienone is 1. The van der Waals surface area contributed by atoms with Crippen molar-refractivity contribution in [1.82, 2.24) is 4.90 Å². The molecule has 0 bridgehead atoms. The van der Waals surface area contributed by atoms with E-state index in [-0.39, 0.29) is 29.0 Å². The largest absolute Gasteiger partial charge is 0.493 e. The van der Waals surface area contributed by atoms with Gasteiger partial charge < -0.3 is 19.1 Å². The molecule has 8 nitrogen and oxygen atoms in total. The maximum Gasteiger partial charge on any atom is 0.338 e. The van der Waals surface area contributed by atoms with Crippen molar-refractivity contribution < 1.29 is 32.2 Å². The zero-order valence-corrected chi connectivity index (χ0v) is 19.4. The average molecular weight is 454 g/mol. The number of carbonyl (C=O) groups is 2. The van der Waals surface area contributed by atoms with Crippen molar-refractivity contribution >= 4 is 21.7 Å². The molecule has 1 unspecified atom stereocenters. The third-order valence-corrected chi connectivity index (χ3v) is 6.76. The van der Waals surface area contributed by atoms with E-state index in [0.717, 1.165) is 0 Å². The number of methoxy groups -OCH3 is 2. The molecular formula is C22H31NO7S. The number of sulfone groups is 1. The third-order valence-electron chi connectivity index (χ3n) is 5.01. The number of hydrogen-bond acceptors (Lipinski definition) is 7. The molecule has 0 spiro atoms. The highest BCUT2D eigenvalue weighted by Gasteiger charge is 2.35. The lowest BCUT2D eigenvalue weighted by Gasteiger charge is -2.29. The van der Waals surface area contributed by atoms with Gasteiger partial charge in [-0.1, -0.05) is 19.9 Å². The number of carbonyl (C=O) groups excluding carboxylic acids is 2. The average Bonchev–Trinajstić information content (AvgIpc) is 3.08. The summed E-state index contributed by atoms with van der Waals surface area (Å²) in [5.41, 5.74) is 0.925. The second-order valence-electron chi connectivity index (χ2n) is 7.94. The van der Waals surface area contributed by atoms with Crippen molar-refractivity contribution in [3.05, 3.63) is 35.9 Å². The van der Waals surface area contributed by atoms with Crippen LogP contribution in [0.5, 0.6) is 11.5 Å². The Balaban J connectivity index is 2.15. The van der Waals surface area contributed by atoms with Crippen LogP contribution in [0, 0.1) is 5.92 Å². The van der Waals surface area contributed by atoms with Crippen molar-refractivity contribution in [2.24, 2.45) is 5.92 Å². The molecule has 1 aromatic carbocycles. The summed E-state index contributed by atoms with van der Waals surface area (Å²) in [4.78, 5) is 27.0. The van der Waals surface area contributed by atoms with E-state index >= 15 is 0 Å². The number of benzene rings is 1. The molecule has 0 saturated carbocycles. The monoisotopic (exact) mass is 453 g/mol. The third kappa shape index (κ3) is 6.46. The highest BCUT2D eigenvalue weighted by molar-refractivity contribution is 7.91. The standard InChI is InChI=1S/C22H31NO7S/c1-6-7-16-10-17(11-19(28-4)21(16)29-5)22(25)30-13-20(24)23(12-15(2)3)18-8-9-31(26,27)14-18/h6,10-11,15,18H,1,7-9,12-14H2,2-5H3. The van der Waals surface area contributed by atoms with Crippen LogP contribution < -0.4 is 9.47 Å². The van der Waals surface area contributed by atoms with Crippen molar-refractivity contribution in [3.8, 4) is 11.5 Å². The van der Waals surface area contributed by atoms with Crippen molar-refractivity contribution in [3.63, 3.8) is 0 Å². The van der Waals surface area contributed by atoms with E-state index in [1.807, 2.05) is 13.8 Å². The van der Waals surface area contributed by atoms with Gasteiger partial charge in [0.25, 0.3) is 5.91 Å². The molecule has 1 aromatic rings. The summed E-state index contributed by atoms with van der Waals surface area (Å²) < 4.78 is 39.6. The molecule has 1 aliphatic heterocycles. The van der Waals surface area contributed by atoms with Crippen LogP contribution in [0.15, 0.2) is 24.8 Å². The number of rotatable bonds is 10. The summed E-state index contributed by atoms with van der Waals surface area (Å²) >= 11 is 0. The van der Waals surface area contributed by atoms with Crippen molar-refractivity contribution in [2.45, 2.75) is 32.7 Å². The van der Waals surface area contributed by atoms with Crippen LogP contribution in [0.3, 0.4) is 0 Å². The zero-order chi connectivity index (χ0) is 23.2. The van der Waals surface area contributed by atoms with Crippen LogP contribution in [0.25, 0.3) is 0 Å². The second kappa shape index (κ2) is 10.7. The van der Waals surface area contributed by atoms with Crippen LogP contribution in [-0.4, -0.2) is 70.1 Å². The van der Waals surface area contributed by atoms with Gasteiger partial charge >= 0.3 is 5.97 Å².